The van der Waals surface area contributed by atoms with E-state index in [9.17, 15) is 13.2 Å². The fourth-order valence-corrected chi connectivity index (χ4v) is 1.89. The van der Waals surface area contributed by atoms with Gasteiger partial charge in [0.25, 0.3) is 0 Å². The van der Waals surface area contributed by atoms with E-state index in [4.69, 9.17) is 5.11 Å². The molecule has 1 atom stereocenters. The van der Waals surface area contributed by atoms with Crippen LogP contribution in [-0.4, -0.2) is 27.4 Å². The first-order chi connectivity index (χ1) is 7.45. The standard InChI is InChI=1S/C10H14F3NOS/c1-2-16-6-5-14-4-3-8(7-14)9(15)10(11,12)13/h3-4,7,9,15H,2,5-6H2,1H3. The zero-order valence-corrected chi connectivity index (χ0v) is 9.68. The lowest BCUT2D eigenvalue weighted by Gasteiger charge is -2.12. The molecule has 1 rings (SSSR count). The van der Waals surface area contributed by atoms with Crippen LogP contribution < -0.4 is 0 Å². The maximum atomic E-state index is 12.2. The minimum absolute atomic E-state index is 0.103. The van der Waals surface area contributed by atoms with Crippen molar-refractivity contribution in [1.82, 2.24) is 4.57 Å². The molecule has 1 heterocycles. The number of aryl methyl sites for hydroxylation is 1. The van der Waals surface area contributed by atoms with Gasteiger partial charge in [0.05, 0.1) is 0 Å². The summed E-state index contributed by atoms with van der Waals surface area (Å²) >= 11 is 1.72. The van der Waals surface area contributed by atoms with Gasteiger partial charge in [0.2, 0.25) is 0 Å². The summed E-state index contributed by atoms with van der Waals surface area (Å²) in [6, 6.07) is 1.30. The molecule has 6 heteroatoms. The van der Waals surface area contributed by atoms with Crippen LogP contribution in [0.1, 0.15) is 18.6 Å². The summed E-state index contributed by atoms with van der Waals surface area (Å²) in [6.45, 7) is 2.68. The molecule has 1 aromatic rings. The molecular weight excluding hydrogens is 239 g/mol. The van der Waals surface area contributed by atoms with Crippen LogP contribution in [0.4, 0.5) is 13.2 Å². The first-order valence-corrected chi connectivity index (χ1v) is 6.08. The van der Waals surface area contributed by atoms with E-state index in [1.807, 2.05) is 6.92 Å². The Morgan fingerprint density at radius 2 is 2.19 bits per heavy atom. The highest BCUT2D eigenvalue weighted by Crippen LogP contribution is 2.32. The number of halogens is 3. The Labute approximate surface area is 96.5 Å². The van der Waals surface area contributed by atoms with Crippen LogP contribution in [0.5, 0.6) is 0 Å². The molecule has 1 aromatic heterocycles. The van der Waals surface area contributed by atoms with E-state index in [0.29, 0.717) is 6.54 Å². The lowest BCUT2D eigenvalue weighted by molar-refractivity contribution is -0.206. The Bertz CT molecular complexity index is 324. The number of rotatable bonds is 5. The van der Waals surface area contributed by atoms with E-state index < -0.39 is 12.3 Å². The van der Waals surface area contributed by atoms with Crippen molar-refractivity contribution in [2.45, 2.75) is 25.7 Å². The average molecular weight is 253 g/mol. The van der Waals surface area contributed by atoms with Crippen LogP contribution in [0.15, 0.2) is 18.5 Å². The van der Waals surface area contributed by atoms with Crippen LogP contribution in [0.25, 0.3) is 0 Å². The number of nitrogens with zero attached hydrogens (tertiary/aromatic N) is 1. The average Bonchev–Trinajstić information content (AvgIpc) is 2.64. The lowest BCUT2D eigenvalue weighted by Crippen LogP contribution is -2.19. The Hall–Kier alpha value is -0.620. The number of aliphatic hydroxyl groups excluding tert-OH is 1. The molecule has 1 N–H and O–H groups in total. The van der Waals surface area contributed by atoms with Gasteiger partial charge in [-0.25, -0.2) is 0 Å². The van der Waals surface area contributed by atoms with Gasteiger partial charge >= 0.3 is 6.18 Å². The summed E-state index contributed by atoms with van der Waals surface area (Å²) in [5, 5.41) is 9.00. The predicted octanol–water partition coefficient (Wildman–Crippen LogP) is 2.84. The maximum Gasteiger partial charge on any atom is 0.418 e. The molecule has 0 saturated carbocycles. The molecule has 0 aliphatic heterocycles. The highest BCUT2D eigenvalue weighted by atomic mass is 32.2. The van der Waals surface area contributed by atoms with Crippen LogP contribution in [-0.2, 0) is 6.54 Å². The normalized spacial score (nSPS) is 14.1. The molecule has 0 aliphatic rings. The van der Waals surface area contributed by atoms with Gasteiger partial charge in [-0.2, -0.15) is 24.9 Å². The smallest absolute Gasteiger partial charge is 0.379 e. The molecule has 92 valence electrons. The molecule has 0 bridgehead atoms. The highest BCUT2D eigenvalue weighted by molar-refractivity contribution is 7.99. The maximum absolute atomic E-state index is 12.2. The first-order valence-electron chi connectivity index (χ1n) is 4.93. The van der Waals surface area contributed by atoms with E-state index in [0.717, 1.165) is 11.5 Å². The Kier molecular flexibility index (Phi) is 4.73. The van der Waals surface area contributed by atoms with E-state index in [1.165, 1.54) is 12.3 Å². The van der Waals surface area contributed by atoms with E-state index >= 15 is 0 Å². The number of aromatic nitrogens is 1. The van der Waals surface area contributed by atoms with Crippen molar-refractivity contribution in [2.75, 3.05) is 11.5 Å². The summed E-state index contributed by atoms with van der Waals surface area (Å²) in [5.74, 6) is 1.84. The zero-order valence-electron chi connectivity index (χ0n) is 8.87. The van der Waals surface area contributed by atoms with Crippen molar-refractivity contribution in [3.8, 4) is 0 Å². The molecule has 1 unspecified atom stereocenters. The summed E-state index contributed by atoms with van der Waals surface area (Å²) in [4.78, 5) is 0. The zero-order chi connectivity index (χ0) is 12.2. The van der Waals surface area contributed by atoms with Crippen LogP contribution in [0.3, 0.4) is 0 Å². The third-order valence-corrected chi connectivity index (χ3v) is 2.98. The van der Waals surface area contributed by atoms with Gasteiger partial charge in [0, 0.05) is 30.3 Å². The molecule has 0 radical (unpaired) electrons. The second kappa shape index (κ2) is 5.63. The molecule has 2 nitrogen and oxygen atoms in total. The minimum Gasteiger partial charge on any atom is -0.379 e. The molecule has 0 spiro atoms. The van der Waals surface area contributed by atoms with Crippen LogP contribution in [0, 0.1) is 0 Å². The Morgan fingerprint density at radius 3 is 2.75 bits per heavy atom. The summed E-state index contributed by atoms with van der Waals surface area (Å²) in [7, 11) is 0. The number of hydrogen-bond acceptors (Lipinski definition) is 2. The predicted molar refractivity (Wildman–Crippen MR) is 58.4 cm³/mol. The van der Waals surface area contributed by atoms with Gasteiger partial charge in [-0.05, 0) is 11.8 Å². The number of thioether (sulfide) groups is 1. The molecule has 0 fully saturated rings. The van der Waals surface area contributed by atoms with Crippen molar-refractivity contribution in [1.29, 1.82) is 0 Å². The van der Waals surface area contributed by atoms with Gasteiger partial charge in [-0.3, -0.25) is 0 Å². The highest BCUT2D eigenvalue weighted by Gasteiger charge is 2.39. The second-order valence-electron chi connectivity index (χ2n) is 3.32. The SMILES string of the molecule is CCSCCn1ccc(C(O)C(F)(F)F)c1. The molecule has 0 saturated heterocycles. The third-order valence-electron chi connectivity index (χ3n) is 2.10. The lowest BCUT2D eigenvalue weighted by atomic mass is 10.2. The Morgan fingerprint density at radius 1 is 1.50 bits per heavy atom. The van der Waals surface area contributed by atoms with Crippen molar-refractivity contribution < 1.29 is 18.3 Å². The van der Waals surface area contributed by atoms with Gasteiger partial charge in [-0.15, -0.1) is 0 Å². The van der Waals surface area contributed by atoms with Crippen molar-refractivity contribution in [3.05, 3.63) is 24.0 Å². The molecule has 0 amide bonds. The summed E-state index contributed by atoms with van der Waals surface area (Å²) in [5.41, 5.74) is -0.103. The van der Waals surface area contributed by atoms with Crippen molar-refractivity contribution >= 4 is 11.8 Å². The first kappa shape index (κ1) is 13.4. The quantitative estimate of drug-likeness (QED) is 0.816. The fraction of sp³-hybridized carbons (Fsp3) is 0.600. The number of aliphatic hydroxyl groups is 1. The van der Waals surface area contributed by atoms with Crippen molar-refractivity contribution in [2.24, 2.45) is 0 Å². The topological polar surface area (TPSA) is 25.2 Å². The van der Waals surface area contributed by atoms with Crippen LogP contribution >= 0.6 is 11.8 Å². The van der Waals surface area contributed by atoms with E-state index in [1.54, 1.807) is 22.5 Å². The van der Waals surface area contributed by atoms with E-state index in [-0.39, 0.29) is 5.56 Å². The molecule has 16 heavy (non-hydrogen) atoms. The van der Waals surface area contributed by atoms with Crippen molar-refractivity contribution in [3.63, 3.8) is 0 Å². The van der Waals surface area contributed by atoms with E-state index in [2.05, 4.69) is 0 Å². The van der Waals surface area contributed by atoms with Gasteiger partial charge in [0.15, 0.2) is 6.10 Å². The molecule has 0 aromatic carbocycles. The number of alkyl halides is 3. The van der Waals surface area contributed by atoms with Crippen LogP contribution in [0.2, 0.25) is 0 Å². The molecular formula is C10H14F3NOS. The van der Waals surface area contributed by atoms with Gasteiger partial charge in [0.1, 0.15) is 0 Å². The third kappa shape index (κ3) is 3.75. The minimum atomic E-state index is -4.59. The number of hydrogen-bond donors (Lipinski definition) is 1. The monoisotopic (exact) mass is 253 g/mol. The summed E-state index contributed by atoms with van der Waals surface area (Å²) in [6.07, 6.45) is -4.08. The largest absolute Gasteiger partial charge is 0.418 e. The second-order valence-corrected chi connectivity index (χ2v) is 4.72. The molecule has 0 aliphatic carbocycles. The fourth-order valence-electron chi connectivity index (χ4n) is 1.26. The Balaban J connectivity index is 2.57. The summed E-state index contributed by atoms with van der Waals surface area (Å²) < 4.78 is 38.2. The van der Waals surface area contributed by atoms with Gasteiger partial charge < -0.3 is 9.67 Å². The van der Waals surface area contributed by atoms with Gasteiger partial charge in [-0.1, -0.05) is 6.92 Å².